The minimum Gasteiger partial charge on any atom is -0.507 e. The number of hydrogen-bond acceptors (Lipinski definition) is 10. The molecule has 1 saturated heterocycles. The summed E-state index contributed by atoms with van der Waals surface area (Å²) < 4.78 is 10.8. The van der Waals surface area contributed by atoms with Gasteiger partial charge in [0.05, 0.1) is 12.2 Å². The molecule has 0 amide bonds. The Morgan fingerprint density at radius 1 is 0.853 bits per heavy atom. The van der Waals surface area contributed by atoms with Gasteiger partial charge in [0, 0.05) is 11.1 Å². The third-order valence-corrected chi connectivity index (χ3v) is 6.29. The molecule has 5 atom stereocenters. The van der Waals surface area contributed by atoms with Crippen molar-refractivity contribution in [3.63, 3.8) is 0 Å². The predicted octanol–water partition coefficient (Wildman–Crippen LogP) is 0.737. The molecule has 2 aliphatic rings. The van der Waals surface area contributed by atoms with E-state index in [1.807, 2.05) is 0 Å². The van der Waals surface area contributed by atoms with Crippen LogP contribution in [0.3, 0.4) is 0 Å². The number of phenolic OH excluding ortho intramolecular Hbond substituents is 4. The van der Waals surface area contributed by atoms with Crippen molar-refractivity contribution < 1.29 is 50.3 Å². The molecule has 0 saturated carbocycles. The van der Waals surface area contributed by atoms with Crippen LogP contribution in [0.5, 0.6) is 28.7 Å². The third-order valence-electron chi connectivity index (χ3n) is 6.29. The summed E-state index contributed by atoms with van der Waals surface area (Å²) in [5.41, 5.74) is 1.69. The number of ether oxygens (including phenoxy) is 2. The van der Waals surface area contributed by atoms with Crippen molar-refractivity contribution in [1.29, 1.82) is 0 Å². The molecule has 8 N–H and O–H groups in total. The second-order valence-corrected chi connectivity index (χ2v) is 8.50. The number of aliphatic hydroxyl groups is 4. The number of phenols is 4. The number of aromatic hydroxyl groups is 4. The highest BCUT2D eigenvalue weighted by molar-refractivity contribution is 5.80. The molecule has 34 heavy (non-hydrogen) atoms. The zero-order valence-corrected chi connectivity index (χ0v) is 18.2. The Bertz CT molecular complexity index is 1080. The van der Waals surface area contributed by atoms with E-state index in [-0.39, 0.29) is 28.6 Å². The average Bonchev–Trinajstić information content (AvgIpc) is 2.84. The van der Waals surface area contributed by atoms with Crippen LogP contribution in [0.25, 0.3) is 12.2 Å². The van der Waals surface area contributed by atoms with Gasteiger partial charge in [-0.15, -0.1) is 0 Å². The monoisotopic (exact) mass is 476 g/mol. The molecule has 0 unspecified atom stereocenters. The molecule has 1 fully saturated rings. The Labute approximate surface area is 195 Å². The Balaban J connectivity index is 1.59. The first-order valence-corrected chi connectivity index (χ1v) is 11.0. The summed E-state index contributed by atoms with van der Waals surface area (Å²) >= 11 is 0. The molecule has 2 aromatic rings. The molecule has 0 bridgehead atoms. The first-order chi connectivity index (χ1) is 16.2. The van der Waals surface area contributed by atoms with Crippen LogP contribution in [-0.2, 0) is 17.6 Å². The van der Waals surface area contributed by atoms with Crippen LogP contribution in [-0.4, -0.2) is 78.2 Å². The number of benzene rings is 2. The van der Waals surface area contributed by atoms with Crippen LogP contribution in [0, 0.1) is 0 Å². The SMILES string of the molecule is OC[C@H]1O[C@H](Oc2cc(C=Cc3c(O)c(O)c4c(c3O)CCCC4)ccc2O)[C@@H](O)[C@@H](O)[C@H]1O. The van der Waals surface area contributed by atoms with E-state index in [0.29, 0.717) is 29.5 Å². The van der Waals surface area contributed by atoms with Crippen LogP contribution < -0.4 is 4.74 Å². The summed E-state index contributed by atoms with van der Waals surface area (Å²) in [4.78, 5) is 0. The molecule has 4 rings (SSSR count). The molecule has 1 aliphatic carbocycles. The first kappa shape index (κ1) is 24.1. The van der Waals surface area contributed by atoms with E-state index in [9.17, 15) is 40.9 Å². The van der Waals surface area contributed by atoms with E-state index in [1.165, 1.54) is 30.4 Å². The predicted molar refractivity (Wildman–Crippen MR) is 120 cm³/mol. The van der Waals surface area contributed by atoms with Crippen molar-refractivity contribution in [2.75, 3.05) is 6.61 Å². The van der Waals surface area contributed by atoms with E-state index < -0.39 is 43.1 Å². The maximum Gasteiger partial charge on any atom is 0.229 e. The van der Waals surface area contributed by atoms with Gasteiger partial charge in [0.2, 0.25) is 6.29 Å². The average molecular weight is 476 g/mol. The van der Waals surface area contributed by atoms with Gasteiger partial charge in [-0.2, -0.15) is 0 Å². The minimum absolute atomic E-state index is 0.0580. The molecule has 0 radical (unpaired) electrons. The third kappa shape index (κ3) is 4.38. The van der Waals surface area contributed by atoms with E-state index in [4.69, 9.17) is 9.47 Å². The second kappa shape index (κ2) is 9.69. The molecule has 10 heteroatoms. The zero-order chi connectivity index (χ0) is 24.6. The largest absolute Gasteiger partial charge is 0.507 e. The van der Waals surface area contributed by atoms with Crippen molar-refractivity contribution in [3.05, 3.63) is 40.5 Å². The molecule has 2 aromatic carbocycles. The summed E-state index contributed by atoms with van der Waals surface area (Å²) in [5, 5.41) is 80.9. The number of fused-ring (bicyclic) bond motifs is 1. The van der Waals surface area contributed by atoms with Crippen LogP contribution in [0.15, 0.2) is 18.2 Å². The van der Waals surface area contributed by atoms with Gasteiger partial charge >= 0.3 is 0 Å². The smallest absolute Gasteiger partial charge is 0.229 e. The lowest BCUT2D eigenvalue weighted by atomic mass is 9.87. The lowest BCUT2D eigenvalue weighted by molar-refractivity contribution is -0.277. The molecule has 1 heterocycles. The van der Waals surface area contributed by atoms with Gasteiger partial charge < -0.3 is 50.3 Å². The fourth-order valence-electron chi connectivity index (χ4n) is 4.33. The van der Waals surface area contributed by atoms with Crippen molar-refractivity contribution in [1.82, 2.24) is 0 Å². The maximum absolute atomic E-state index is 10.7. The van der Waals surface area contributed by atoms with Crippen molar-refractivity contribution in [2.45, 2.75) is 56.4 Å². The van der Waals surface area contributed by atoms with Crippen LogP contribution in [0.2, 0.25) is 0 Å². The summed E-state index contributed by atoms with van der Waals surface area (Å²) in [7, 11) is 0. The zero-order valence-electron chi connectivity index (χ0n) is 18.2. The molecule has 1 aliphatic heterocycles. The highest BCUT2D eigenvalue weighted by atomic mass is 16.7. The van der Waals surface area contributed by atoms with Gasteiger partial charge in [-0.3, -0.25) is 0 Å². The van der Waals surface area contributed by atoms with Crippen molar-refractivity contribution >= 4 is 12.2 Å². The van der Waals surface area contributed by atoms with Crippen LogP contribution >= 0.6 is 0 Å². The number of hydrogen-bond donors (Lipinski definition) is 8. The Kier molecular flexibility index (Phi) is 6.87. The summed E-state index contributed by atoms with van der Waals surface area (Å²) in [6.45, 7) is -0.625. The maximum atomic E-state index is 10.7. The minimum atomic E-state index is -1.65. The van der Waals surface area contributed by atoms with Crippen LogP contribution in [0.1, 0.15) is 35.1 Å². The number of rotatable bonds is 5. The lowest BCUT2D eigenvalue weighted by Crippen LogP contribution is -2.60. The Hall–Kier alpha value is -3.02. The van der Waals surface area contributed by atoms with Crippen molar-refractivity contribution in [3.8, 4) is 28.7 Å². The second-order valence-electron chi connectivity index (χ2n) is 8.50. The first-order valence-electron chi connectivity index (χ1n) is 11.0. The summed E-state index contributed by atoms with van der Waals surface area (Å²) in [5.74, 6) is -1.19. The molecule has 0 spiro atoms. The molecular formula is C24H28O10. The Morgan fingerprint density at radius 3 is 2.21 bits per heavy atom. The summed E-state index contributed by atoms with van der Waals surface area (Å²) in [6, 6.07) is 4.22. The normalized spacial score (nSPS) is 27.0. The van der Waals surface area contributed by atoms with Gasteiger partial charge in [-0.1, -0.05) is 12.1 Å². The fourth-order valence-corrected chi connectivity index (χ4v) is 4.33. The van der Waals surface area contributed by atoms with E-state index in [2.05, 4.69) is 0 Å². The van der Waals surface area contributed by atoms with Gasteiger partial charge in [0.15, 0.2) is 23.0 Å². The van der Waals surface area contributed by atoms with E-state index >= 15 is 0 Å². The van der Waals surface area contributed by atoms with Gasteiger partial charge in [-0.05, 0) is 49.5 Å². The topological polar surface area (TPSA) is 180 Å². The Morgan fingerprint density at radius 2 is 1.53 bits per heavy atom. The van der Waals surface area contributed by atoms with Gasteiger partial charge in [0.25, 0.3) is 0 Å². The lowest BCUT2D eigenvalue weighted by Gasteiger charge is -2.39. The van der Waals surface area contributed by atoms with Gasteiger partial charge in [-0.25, -0.2) is 0 Å². The summed E-state index contributed by atoms with van der Waals surface area (Å²) in [6.07, 6.45) is -1.66. The highest BCUT2D eigenvalue weighted by Gasteiger charge is 2.44. The van der Waals surface area contributed by atoms with E-state index in [1.54, 1.807) is 0 Å². The quantitative estimate of drug-likeness (QED) is 0.174. The highest BCUT2D eigenvalue weighted by Crippen LogP contribution is 2.46. The number of aliphatic hydroxyl groups excluding tert-OH is 4. The molecule has 10 nitrogen and oxygen atoms in total. The van der Waals surface area contributed by atoms with Gasteiger partial charge in [0.1, 0.15) is 30.2 Å². The molecule has 184 valence electrons. The standard InChI is InChI=1S/C24H28O10/c25-10-17-21(30)22(31)23(32)24(34-17)33-16-9-11(6-8-15(16)26)5-7-14-18(27)12-3-1-2-4-13(12)19(28)20(14)29/h5-9,17,21-32H,1-4,10H2/t17-,21+,22+,23+,24+/m1/s1. The fraction of sp³-hybridized carbons (Fsp3) is 0.417. The van der Waals surface area contributed by atoms with E-state index in [0.717, 1.165) is 12.8 Å². The van der Waals surface area contributed by atoms with Crippen molar-refractivity contribution in [2.24, 2.45) is 0 Å². The molecular weight excluding hydrogens is 448 g/mol. The molecule has 0 aromatic heterocycles. The van der Waals surface area contributed by atoms with Crippen LogP contribution in [0.4, 0.5) is 0 Å².